The number of nitrogens with zero attached hydrogens (tertiary/aromatic N) is 2. The van der Waals surface area contributed by atoms with Gasteiger partial charge in [-0.1, -0.05) is 0 Å². The van der Waals surface area contributed by atoms with Crippen LogP contribution in [0.15, 0.2) is 18.2 Å². The Balaban J connectivity index is 2.00. The maximum absolute atomic E-state index is 11.6. The third-order valence-corrected chi connectivity index (χ3v) is 4.11. The van der Waals surface area contributed by atoms with E-state index in [4.69, 9.17) is 10.5 Å². The van der Waals surface area contributed by atoms with Crippen molar-refractivity contribution in [3.8, 4) is 5.75 Å². The van der Waals surface area contributed by atoms with Crippen molar-refractivity contribution < 1.29 is 19.2 Å². The molecular formula is C16H21N3O5. The van der Waals surface area contributed by atoms with Gasteiger partial charge in [-0.3, -0.25) is 24.6 Å². The Morgan fingerprint density at radius 2 is 2.04 bits per heavy atom. The molecule has 8 heteroatoms. The molecular weight excluding hydrogens is 314 g/mol. The number of primary amides is 1. The van der Waals surface area contributed by atoms with Gasteiger partial charge in [0, 0.05) is 12.5 Å². The van der Waals surface area contributed by atoms with Crippen molar-refractivity contribution in [2.24, 2.45) is 5.73 Å². The summed E-state index contributed by atoms with van der Waals surface area (Å²) in [7, 11) is 0. The number of carbonyl (C=O) groups is 2. The van der Waals surface area contributed by atoms with E-state index in [1.807, 2.05) is 4.90 Å². The first-order chi connectivity index (χ1) is 11.4. The van der Waals surface area contributed by atoms with E-state index in [-0.39, 0.29) is 29.8 Å². The summed E-state index contributed by atoms with van der Waals surface area (Å²) in [5.74, 6) is -0.428. The zero-order valence-corrected chi connectivity index (χ0v) is 13.6. The summed E-state index contributed by atoms with van der Waals surface area (Å²) in [5, 5.41) is 10.9. The van der Waals surface area contributed by atoms with Gasteiger partial charge in [0.1, 0.15) is 5.75 Å². The maximum Gasteiger partial charge on any atom is 0.280 e. The molecule has 1 unspecified atom stereocenters. The molecule has 0 bridgehead atoms. The van der Waals surface area contributed by atoms with Crippen molar-refractivity contribution in [3.05, 3.63) is 33.9 Å². The average molecular weight is 335 g/mol. The molecule has 2 rings (SSSR count). The van der Waals surface area contributed by atoms with Crippen LogP contribution < -0.4 is 10.5 Å². The molecule has 0 spiro atoms. The van der Waals surface area contributed by atoms with E-state index in [2.05, 4.69) is 0 Å². The number of hydrogen-bond donors (Lipinski definition) is 1. The summed E-state index contributed by atoms with van der Waals surface area (Å²) >= 11 is 0. The summed E-state index contributed by atoms with van der Waals surface area (Å²) in [6.45, 7) is 3.20. The highest BCUT2D eigenvalue weighted by Gasteiger charge is 2.26. The van der Waals surface area contributed by atoms with Crippen LogP contribution >= 0.6 is 0 Å². The van der Waals surface area contributed by atoms with Gasteiger partial charge in [-0.2, -0.15) is 0 Å². The van der Waals surface area contributed by atoms with Gasteiger partial charge in [0.15, 0.2) is 5.78 Å². The van der Waals surface area contributed by atoms with Crippen LogP contribution in [0.2, 0.25) is 0 Å². The first-order valence-corrected chi connectivity index (χ1v) is 7.85. The molecule has 24 heavy (non-hydrogen) atoms. The van der Waals surface area contributed by atoms with Crippen LogP contribution in [-0.4, -0.2) is 47.3 Å². The number of carbonyl (C=O) groups excluding carboxylic acids is 2. The summed E-state index contributed by atoms with van der Waals surface area (Å²) in [4.78, 5) is 35.5. The van der Waals surface area contributed by atoms with E-state index in [0.717, 1.165) is 25.9 Å². The van der Waals surface area contributed by atoms with Crippen LogP contribution in [0.4, 0.5) is 5.69 Å². The highest BCUT2D eigenvalue weighted by Crippen LogP contribution is 2.25. The summed E-state index contributed by atoms with van der Waals surface area (Å²) in [5.41, 5.74) is 5.21. The molecule has 1 atom stereocenters. The highest BCUT2D eigenvalue weighted by molar-refractivity contribution is 5.98. The molecule has 1 amide bonds. The fourth-order valence-electron chi connectivity index (χ4n) is 2.89. The van der Waals surface area contributed by atoms with Crippen LogP contribution in [-0.2, 0) is 4.79 Å². The lowest BCUT2D eigenvalue weighted by Crippen LogP contribution is -2.44. The first kappa shape index (κ1) is 17.9. The molecule has 2 N–H and O–H groups in total. The van der Waals surface area contributed by atoms with Gasteiger partial charge in [0.05, 0.1) is 23.1 Å². The standard InChI is InChI=1S/C16H21N3O5/c1-11(20)13-10-12(4-5-14(13)19(22)23)24-9-6-15(16(17)21)18-7-2-3-8-18/h4-5,10,15H,2-3,6-9H2,1H3,(H2,17,21). The number of nitro groups is 1. The minimum Gasteiger partial charge on any atom is -0.493 e. The normalized spacial score (nSPS) is 15.9. The molecule has 0 radical (unpaired) electrons. The van der Waals surface area contributed by atoms with Gasteiger partial charge in [0.2, 0.25) is 5.91 Å². The molecule has 1 aromatic rings. The lowest BCUT2D eigenvalue weighted by molar-refractivity contribution is -0.385. The first-order valence-electron chi connectivity index (χ1n) is 7.85. The predicted octanol–water partition coefficient (Wildman–Crippen LogP) is 1.52. The van der Waals surface area contributed by atoms with Gasteiger partial charge < -0.3 is 10.5 Å². The minimum atomic E-state index is -0.600. The van der Waals surface area contributed by atoms with E-state index >= 15 is 0 Å². The van der Waals surface area contributed by atoms with Crippen molar-refractivity contribution in [1.82, 2.24) is 4.90 Å². The second kappa shape index (κ2) is 7.87. The number of rotatable bonds is 8. The van der Waals surface area contributed by atoms with Crippen molar-refractivity contribution >= 4 is 17.4 Å². The smallest absolute Gasteiger partial charge is 0.280 e. The van der Waals surface area contributed by atoms with E-state index in [9.17, 15) is 19.7 Å². The molecule has 1 saturated heterocycles. The predicted molar refractivity (Wildman–Crippen MR) is 87.0 cm³/mol. The Labute approximate surface area is 139 Å². The van der Waals surface area contributed by atoms with Crippen LogP contribution in [0, 0.1) is 10.1 Å². The molecule has 1 aliphatic rings. The molecule has 1 aromatic carbocycles. The Kier molecular flexibility index (Phi) is 5.86. The Morgan fingerprint density at radius 3 is 2.58 bits per heavy atom. The van der Waals surface area contributed by atoms with Gasteiger partial charge in [-0.25, -0.2) is 0 Å². The largest absolute Gasteiger partial charge is 0.493 e. The number of likely N-dealkylation sites (tertiary alicyclic amines) is 1. The molecule has 0 aliphatic carbocycles. The van der Waals surface area contributed by atoms with Crippen molar-refractivity contribution in [2.75, 3.05) is 19.7 Å². The molecule has 1 fully saturated rings. The van der Waals surface area contributed by atoms with Gasteiger partial charge >= 0.3 is 0 Å². The van der Waals surface area contributed by atoms with Gasteiger partial charge in [-0.05, 0) is 45.0 Å². The molecule has 1 heterocycles. The second-order valence-electron chi connectivity index (χ2n) is 5.79. The van der Waals surface area contributed by atoms with Crippen molar-refractivity contribution in [1.29, 1.82) is 0 Å². The Morgan fingerprint density at radius 1 is 1.38 bits per heavy atom. The molecule has 0 aromatic heterocycles. The zero-order chi connectivity index (χ0) is 17.7. The number of hydrogen-bond acceptors (Lipinski definition) is 6. The van der Waals surface area contributed by atoms with Gasteiger partial charge in [0.25, 0.3) is 5.69 Å². The number of amides is 1. The summed E-state index contributed by atoms with van der Waals surface area (Å²) in [6, 6.07) is 3.67. The Bertz CT molecular complexity index is 641. The number of benzene rings is 1. The number of ether oxygens (including phenoxy) is 1. The van der Waals surface area contributed by atoms with Crippen LogP contribution in [0.3, 0.4) is 0 Å². The van der Waals surface area contributed by atoms with Crippen LogP contribution in [0.1, 0.15) is 36.5 Å². The fraction of sp³-hybridized carbons (Fsp3) is 0.500. The minimum absolute atomic E-state index is 0.00324. The maximum atomic E-state index is 11.6. The fourth-order valence-corrected chi connectivity index (χ4v) is 2.89. The third-order valence-electron chi connectivity index (χ3n) is 4.11. The monoisotopic (exact) mass is 335 g/mol. The number of nitro benzene ring substituents is 1. The quantitative estimate of drug-likeness (QED) is 0.437. The zero-order valence-electron chi connectivity index (χ0n) is 13.6. The summed E-state index contributed by atoms with van der Waals surface area (Å²) < 4.78 is 5.56. The SMILES string of the molecule is CC(=O)c1cc(OCCC(C(N)=O)N2CCCC2)ccc1[N+](=O)[O-]. The lowest BCUT2D eigenvalue weighted by Gasteiger charge is -2.24. The molecule has 8 nitrogen and oxygen atoms in total. The lowest BCUT2D eigenvalue weighted by atomic mass is 10.1. The van der Waals surface area contributed by atoms with Crippen molar-refractivity contribution in [3.63, 3.8) is 0 Å². The number of ketones is 1. The van der Waals surface area contributed by atoms with E-state index in [1.165, 1.54) is 25.1 Å². The van der Waals surface area contributed by atoms with Gasteiger partial charge in [-0.15, -0.1) is 0 Å². The van der Waals surface area contributed by atoms with Crippen LogP contribution in [0.5, 0.6) is 5.75 Å². The van der Waals surface area contributed by atoms with Crippen LogP contribution in [0.25, 0.3) is 0 Å². The molecule has 130 valence electrons. The Hall–Kier alpha value is -2.48. The molecule has 0 saturated carbocycles. The van der Waals surface area contributed by atoms with E-state index in [1.54, 1.807) is 0 Å². The topological polar surface area (TPSA) is 116 Å². The van der Waals surface area contributed by atoms with E-state index in [0.29, 0.717) is 12.2 Å². The van der Waals surface area contributed by atoms with Crippen molar-refractivity contribution in [2.45, 2.75) is 32.2 Å². The molecule has 1 aliphatic heterocycles. The third kappa shape index (κ3) is 4.29. The summed E-state index contributed by atoms with van der Waals surface area (Å²) in [6.07, 6.45) is 2.53. The van der Waals surface area contributed by atoms with E-state index < -0.39 is 10.7 Å². The highest BCUT2D eigenvalue weighted by atomic mass is 16.6. The second-order valence-corrected chi connectivity index (χ2v) is 5.79. The average Bonchev–Trinajstić information content (AvgIpc) is 3.04. The number of nitrogens with two attached hydrogens (primary N) is 1. The number of Topliss-reactive ketones (excluding diaryl/α,β-unsaturated/α-hetero) is 1.